The molecule has 12 nitrogen and oxygen atoms in total. The van der Waals surface area contributed by atoms with Gasteiger partial charge in [0.05, 0.1) is 18.3 Å². The molecule has 40 heavy (non-hydrogen) atoms. The van der Waals surface area contributed by atoms with Crippen molar-refractivity contribution in [3.05, 3.63) is 62.9 Å². The second-order valence-electron chi connectivity index (χ2n) is 8.78. The molecular weight excluding hydrogens is 552 g/mol. The molecule has 4 heterocycles. The second-order valence-corrected chi connectivity index (χ2v) is 8.78. The van der Waals surface area contributed by atoms with E-state index in [0.29, 0.717) is 12.4 Å². The van der Waals surface area contributed by atoms with Gasteiger partial charge in [0, 0.05) is 56.7 Å². The summed E-state index contributed by atoms with van der Waals surface area (Å²) in [4.78, 5) is 51.5. The lowest BCUT2D eigenvalue weighted by Gasteiger charge is -2.34. The summed E-state index contributed by atoms with van der Waals surface area (Å²) in [5.74, 6) is -0.286. The predicted molar refractivity (Wildman–Crippen MR) is 127 cm³/mol. The van der Waals surface area contributed by atoms with Crippen LogP contribution in [-0.4, -0.2) is 72.0 Å². The Morgan fingerprint density at radius 2 is 1.52 bits per heavy atom. The van der Waals surface area contributed by atoms with Crippen LogP contribution in [0.3, 0.4) is 0 Å². The number of imidazole rings is 1. The SMILES string of the molecule is CC(Cn1ccn(CC(=O)N2CCN(c3ncc(C(F)(F)F)cn3)CC2)c1=O)=Nc1cn[nH]c(=O)c1C(F)(F)F. The summed E-state index contributed by atoms with van der Waals surface area (Å²) in [5, 5.41) is 5.05. The summed E-state index contributed by atoms with van der Waals surface area (Å²) in [7, 11) is 0. The minimum atomic E-state index is -4.97. The highest BCUT2D eigenvalue weighted by Crippen LogP contribution is 2.33. The zero-order valence-corrected chi connectivity index (χ0v) is 20.7. The van der Waals surface area contributed by atoms with Gasteiger partial charge in [0.25, 0.3) is 5.56 Å². The fraction of sp³-hybridized carbons (Fsp3) is 0.409. The molecule has 1 aliphatic rings. The van der Waals surface area contributed by atoms with Crippen LogP contribution in [0.4, 0.5) is 38.0 Å². The number of piperazine rings is 1. The minimum Gasteiger partial charge on any atom is -0.338 e. The molecular formula is C22H21F6N9O3. The number of halogens is 6. The molecule has 4 rings (SSSR count). The number of carbonyl (C=O) groups is 1. The zero-order chi connectivity index (χ0) is 29.2. The van der Waals surface area contributed by atoms with Crippen LogP contribution >= 0.6 is 0 Å². The summed E-state index contributed by atoms with van der Waals surface area (Å²) in [6, 6.07) is 0. The maximum atomic E-state index is 13.2. The van der Waals surface area contributed by atoms with Crippen molar-refractivity contribution in [3.8, 4) is 0 Å². The van der Waals surface area contributed by atoms with E-state index < -0.39 is 40.4 Å². The van der Waals surface area contributed by atoms with Gasteiger partial charge in [-0.05, 0) is 6.92 Å². The van der Waals surface area contributed by atoms with Crippen molar-refractivity contribution >= 4 is 23.3 Å². The molecule has 1 fully saturated rings. The molecule has 0 radical (unpaired) electrons. The van der Waals surface area contributed by atoms with E-state index in [0.717, 1.165) is 15.3 Å². The van der Waals surface area contributed by atoms with Gasteiger partial charge in [-0.25, -0.2) is 19.9 Å². The Hall–Kier alpha value is -4.51. The molecule has 1 saturated heterocycles. The van der Waals surface area contributed by atoms with Crippen LogP contribution in [0.25, 0.3) is 0 Å². The number of hydrogen-bond acceptors (Lipinski definition) is 8. The van der Waals surface area contributed by atoms with Crippen molar-refractivity contribution in [1.29, 1.82) is 0 Å². The summed E-state index contributed by atoms with van der Waals surface area (Å²) in [6.45, 7) is 1.81. The number of amides is 1. The Morgan fingerprint density at radius 3 is 2.10 bits per heavy atom. The third-order valence-corrected chi connectivity index (χ3v) is 5.93. The lowest BCUT2D eigenvalue weighted by molar-refractivity contribution is -0.139. The van der Waals surface area contributed by atoms with Crippen LogP contribution in [0, 0.1) is 0 Å². The summed E-state index contributed by atoms with van der Waals surface area (Å²) >= 11 is 0. The van der Waals surface area contributed by atoms with E-state index >= 15 is 0 Å². The average Bonchev–Trinajstić information content (AvgIpc) is 3.21. The minimum absolute atomic E-state index is 0.0747. The number of H-pyrrole nitrogens is 1. The molecule has 0 spiro atoms. The van der Waals surface area contributed by atoms with Crippen LogP contribution in [0.1, 0.15) is 18.1 Å². The molecule has 214 valence electrons. The molecule has 18 heteroatoms. The van der Waals surface area contributed by atoms with Crippen LogP contribution in [-0.2, 0) is 30.2 Å². The largest absolute Gasteiger partial charge is 0.423 e. The van der Waals surface area contributed by atoms with Crippen molar-refractivity contribution in [2.24, 2.45) is 4.99 Å². The van der Waals surface area contributed by atoms with E-state index in [2.05, 4.69) is 20.1 Å². The van der Waals surface area contributed by atoms with Crippen LogP contribution in [0.5, 0.6) is 0 Å². The first kappa shape index (κ1) is 28.5. The molecule has 3 aromatic rings. The van der Waals surface area contributed by atoms with Gasteiger partial charge in [0.15, 0.2) is 0 Å². The first-order chi connectivity index (χ1) is 18.7. The first-order valence-electron chi connectivity index (χ1n) is 11.6. The summed E-state index contributed by atoms with van der Waals surface area (Å²) in [5.41, 5.74) is -5.16. The number of nitrogens with zero attached hydrogens (tertiary/aromatic N) is 8. The van der Waals surface area contributed by atoms with Crippen LogP contribution in [0.15, 0.2) is 45.6 Å². The first-order valence-corrected chi connectivity index (χ1v) is 11.6. The molecule has 0 unspecified atom stereocenters. The topological polar surface area (TPSA) is 134 Å². The average molecular weight is 573 g/mol. The van der Waals surface area contributed by atoms with E-state index in [-0.39, 0.29) is 56.8 Å². The summed E-state index contributed by atoms with van der Waals surface area (Å²) < 4.78 is 80.1. The highest BCUT2D eigenvalue weighted by Gasteiger charge is 2.37. The molecule has 0 saturated carbocycles. The number of anilines is 1. The maximum absolute atomic E-state index is 13.2. The van der Waals surface area contributed by atoms with Gasteiger partial charge in [-0.15, -0.1) is 0 Å². The maximum Gasteiger partial charge on any atom is 0.423 e. The van der Waals surface area contributed by atoms with E-state index in [1.807, 2.05) is 0 Å². The number of rotatable bonds is 6. The molecule has 1 N–H and O–H groups in total. The molecule has 0 aliphatic carbocycles. The van der Waals surface area contributed by atoms with E-state index in [4.69, 9.17) is 0 Å². The number of carbonyl (C=O) groups excluding carboxylic acids is 1. The van der Waals surface area contributed by atoms with Gasteiger partial charge in [-0.3, -0.25) is 23.7 Å². The quantitative estimate of drug-likeness (QED) is 0.351. The van der Waals surface area contributed by atoms with Crippen LogP contribution in [0.2, 0.25) is 0 Å². The number of aromatic nitrogens is 6. The van der Waals surface area contributed by atoms with Crippen molar-refractivity contribution in [2.45, 2.75) is 32.4 Å². The Morgan fingerprint density at radius 1 is 0.925 bits per heavy atom. The lowest BCUT2D eigenvalue weighted by Crippen LogP contribution is -2.50. The molecule has 1 amide bonds. The fourth-order valence-corrected chi connectivity index (χ4v) is 3.96. The van der Waals surface area contributed by atoms with Gasteiger partial charge >= 0.3 is 18.0 Å². The normalized spacial score (nSPS) is 15.0. The highest BCUT2D eigenvalue weighted by atomic mass is 19.4. The van der Waals surface area contributed by atoms with Gasteiger partial charge in [0.2, 0.25) is 11.9 Å². The number of alkyl halides is 6. The Balaban J connectivity index is 1.37. The Kier molecular flexibility index (Phi) is 7.79. The number of hydrogen-bond donors (Lipinski definition) is 1. The van der Waals surface area contributed by atoms with E-state index in [9.17, 15) is 40.7 Å². The van der Waals surface area contributed by atoms with Crippen LogP contribution < -0.4 is 16.1 Å². The third-order valence-electron chi connectivity index (χ3n) is 5.93. The number of nitrogens with one attached hydrogen (secondary N) is 1. The molecule has 0 bridgehead atoms. The molecule has 0 aromatic carbocycles. The van der Waals surface area contributed by atoms with Gasteiger partial charge < -0.3 is 9.80 Å². The second kappa shape index (κ2) is 10.9. The van der Waals surface area contributed by atoms with Crippen molar-refractivity contribution in [1.82, 2.24) is 34.2 Å². The third kappa shape index (κ3) is 6.37. The van der Waals surface area contributed by atoms with E-state index in [1.165, 1.54) is 24.2 Å². The van der Waals surface area contributed by atoms with Crippen molar-refractivity contribution in [3.63, 3.8) is 0 Å². The monoisotopic (exact) mass is 573 g/mol. The van der Waals surface area contributed by atoms with Gasteiger partial charge in [-0.1, -0.05) is 0 Å². The molecule has 0 atom stereocenters. The highest BCUT2D eigenvalue weighted by molar-refractivity contribution is 5.84. The molecule has 3 aromatic heterocycles. The Bertz CT molecular complexity index is 1510. The zero-order valence-electron chi connectivity index (χ0n) is 20.7. The fourth-order valence-electron chi connectivity index (χ4n) is 3.96. The van der Waals surface area contributed by atoms with Crippen molar-refractivity contribution in [2.75, 3.05) is 31.1 Å². The summed E-state index contributed by atoms with van der Waals surface area (Å²) in [6.07, 6.45) is -4.70. The van der Waals surface area contributed by atoms with Gasteiger partial charge in [0.1, 0.15) is 17.8 Å². The number of aliphatic imine (C=N–C) groups is 1. The number of aromatic amines is 1. The lowest BCUT2D eigenvalue weighted by atomic mass is 10.2. The van der Waals surface area contributed by atoms with E-state index in [1.54, 1.807) is 10.00 Å². The predicted octanol–water partition coefficient (Wildman–Crippen LogP) is 1.70. The van der Waals surface area contributed by atoms with Gasteiger partial charge in [-0.2, -0.15) is 31.4 Å². The van der Waals surface area contributed by atoms with Crippen molar-refractivity contribution < 1.29 is 31.1 Å². The Labute approximate surface area is 220 Å². The standard InChI is InChI=1S/C22H21F6N9O3/c1-13(32-15-10-31-33-18(39)17(15)22(26,27)28)11-36-6-7-37(20(36)40)12-16(38)34-2-4-35(5-3-34)19-29-8-14(9-30-19)21(23,24)25/h6-10H,2-5,11-12H2,1H3,(H,33,39). The smallest absolute Gasteiger partial charge is 0.338 e. The molecule has 1 aliphatic heterocycles.